The molecule has 3 rings (SSSR count). The van der Waals surface area contributed by atoms with Crippen molar-refractivity contribution >= 4 is 23.2 Å². The molecule has 2 N–H and O–H groups in total. The van der Waals surface area contributed by atoms with Gasteiger partial charge in [0.2, 0.25) is 5.95 Å². The van der Waals surface area contributed by atoms with Crippen LogP contribution < -0.4 is 15.4 Å². The van der Waals surface area contributed by atoms with Crippen molar-refractivity contribution in [2.24, 2.45) is 0 Å². The highest BCUT2D eigenvalue weighted by Crippen LogP contribution is 2.24. The summed E-state index contributed by atoms with van der Waals surface area (Å²) in [5.41, 5.74) is 1.78. The summed E-state index contributed by atoms with van der Waals surface area (Å²) in [5.74, 6) is 0.424. The second-order valence-corrected chi connectivity index (χ2v) is 5.43. The van der Waals surface area contributed by atoms with Crippen molar-refractivity contribution in [2.45, 2.75) is 6.92 Å². The number of nitrogens with zero attached hydrogens (tertiary/aromatic N) is 3. The minimum atomic E-state index is -0.388. The molecule has 0 saturated carbocycles. The Morgan fingerprint density at radius 2 is 1.85 bits per heavy atom. The Morgan fingerprint density at radius 3 is 2.63 bits per heavy atom. The van der Waals surface area contributed by atoms with Crippen LogP contribution in [0.2, 0.25) is 0 Å². The zero-order chi connectivity index (χ0) is 19.1. The van der Waals surface area contributed by atoms with Crippen LogP contribution in [0, 0.1) is 11.3 Å². The van der Waals surface area contributed by atoms with E-state index in [0.717, 1.165) is 0 Å². The molecule has 1 amide bonds. The lowest BCUT2D eigenvalue weighted by Crippen LogP contribution is -2.15. The minimum Gasteiger partial charge on any atom is -0.492 e. The molecule has 3 aromatic rings. The Morgan fingerprint density at radius 1 is 1.11 bits per heavy atom. The van der Waals surface area contributed by atoms with Crippen molar-refractivity contribution < 1.29 is 9.53 Å². The van der Waals surface area contributed by atoms with E-state index in [1.54, 1.807) is 36.4 Å². The number of nitrogens with one attached hydrogen (secondary N) is 2. The molecular weight excluding hydrogens is 342 g/mol. The van der Waals surface area contributed by atoms with Gasteiger partial charge in [-0.15, -0.1) is 0 Å². The molecule has 0 unspecified atom stereocenters. The Balaban J connectivity index is 1.79. The lowest BCUT2D eigenvalue weighted by molar-refractivity contribution is 0.102. The van der Waals surface area contributed by atoms with Gasteiger partial charge in [0.05, 0.1) is 23.5 Å². The van der Waals surface area contributed by atoms with Crippen LogP contribution in [-0.4, -0.2) is 22.5 Å². The molecule has 0 fully saturated rings. The predicted molar refractivity (Wildman–Crippen MR) is 102 cm³/mol. The van der Waals surface area contributed by atoms with Gasteiger partial charge in [0.25, 0.3) is 5.91 Å². The number of hydrogen-bond donors (Lipinski definition) is 2. The first kappa shape index (κ1) is 17.9. The van der Waals surface area contributed by atoms with Crippen molar-refractivity contribution in [1.29, 1.82) is 5.26 Å². The summed E-state index contributed by atoms with van der Waals surface area (Å²) < 4.78 is 5.51. The van der Waals surface area contributed by atoms with Crippen LogP contribution in [0.1, 0.15) is 23.0 Å². The number of carbonyl (C=O) groups excluding carboxylic acids is 1. The molecule has 0 aliphatic heterocycles. The van der Waals surface area contributed by atoms with Crippen LogP contribution in [-0.2, 0) is 0 Å². The van der Waals surface area contributed by atoms with Gasteiger partial charge >= 0.3 is 0 Å². The van der Waals surface area contributed by atoms with E-state index in [9.17, 15) is 4.79 Å². The number of hydrogen-bond acceptors (Lipinski definition) is 6. The van der Waals surface area contributed by atoms with E-state index in [2.05, 4.69) is 26.7 Å². The van der Waals surface area contributed by atoms with E-state index >= 15 is 0 Å². The molecule has 1 heterocycles. The third-order valence-corrected chi connectivity index (χ3v) is 3.62. The van der Waals surface area contributed by atoms with Gasteiger partial charge in [-0.1, -0.05) is 24.3 Å². The van der Waals surface area contributed by atoms with E-state index in [-0.39, 0.29) is 17.5 Å². The Bertz CT molecular complexity index is 997. The molecule has 7 nitrogen and oxygen atoms in total. The van der Waals surface area contributed by atoms with Crippen LogP contribution in [0.4, 0.5) is 17.3 Å². The lowest BCUT2D eigenvalue weighted by atomic mass is 10.2. The van der Waals surface area contributed by atoms with Crippen LogP contribution in [0.25, 0.3) is 0 Å². The highest BCUT2D eigenvalue weighted by atomic mass is 16.5. The largest absolute Gasteiger partial charge is 0.492 e. The normalized spacial score (nSPS) is 9.93. The number of benzene rings is 2. The molecule has 27 heavy (non-hydrogen) atoms. The van der Waals surface area contributed by atoms with E-state index < -0.39 is 0 Å². The van der Waals surface area contributed by atoms with Gasteiger partial charge in [-0.2, -0.15) is 5.26 Å². The van der Waals surface area contributed by atoms with Gasteiger partial charge in [-0.05, 0) is 37.3 Å². The third kappa shape index (κ3) is 4.38. The monoisotopic (exact) mass is 359 g/mol. The predicted octanol–water partition coefficient (Wildman–Crippen LogP) is 3.74. The highest BCUT2D eigenvalue weighted by Gasteiger charge is 2.12. The van der Waals surface area contributed by atoms with Crippen LogP contribution in [0.15, 0.2) is 60.8 Å². The average Bonchev–Trinajstić information content (AvgIpc) is 2.70. The van der Waals surface area contributed by atoms with Crippen molar-refractivity contribution in [2.75, 3.05) is 17.2 Å². The topological polar surface area (TPSA) is 99.9 Å². The maximum atomic E-state index is 12.6. The van der Waals surface area contributed by atoms with Crippen molar-refractivity contribution in [3.8, 4) is 11.8 Å². The molecule has 0 bridgehead atoms. The molecule has 0 spiro atoms. The first-order valence-corrected chi connectivity index (χ1v) is 8.33. The van der Waals surface area contributed by atoms with Crippen LogP contribution in [0.5, 0.6) is 5.75 Å². The summed E-state index contributed by atoms with van der Waals surface area (Å²) in [7, 11) is 0. The first-order valence-electron chi connectivity index (χ1n) is 8.33. The maximum absolute atomic E-state index is 12.6. The van der Waals surface area contributed by atoms with Crippen LogP contribution >= 0.6 is 0 Å². The molecule has 134 valence electrons. The van der Waals surface area contributed by atoms with Crippen molar-refractivity contribution in [3.63, 3.8) is 0 Å². The number of para-hydroxylation sites is 3. The van der Waals surface area contributed by atoms with Gasteiger partial charge < -0.3 is 15.4 Å². The van der Waals surface area contributed by atoms with Crippen LogP contribution in [0.3, 0.4) is 0 Å². The van der Waals surface area contributed by atoms with E-state index in [4.69, 9.17) is 10.00 Å². The summed E-state index contributed by atoms with van der Waals surface area (Å²) in [6.07, 6.45) is 1.48. The Kier molecular flexibility index (Phi) is 5.60. The Hall–Kier alpha value is -3.92. The second-order valence-electron chi connectivity index (χ2n) is 5.43. The quantitative estimate of drug-likeness (QED) is 0.695. The number of anilines is 3. The van der Waals surface area contributed by atoms with Gasteiger partial charge in [0.15, 0.2) is 0 Å². The fourth-order valence-electron chi connectivity index (χ4n) is 2.39. The van der Waals surface area contributed by atoms with E-state index in [1.807, 2.05) is 19.1 Å². The number of nitriles is 1. The molecule has 2 aromatic carbocycles. The number of aromatic nitrogens is 2. The molecular formula is C20H17N5O2. The summed E-state index contributed by atoms with van der Waals surface area (Å²) in [6, 6.07) is 17.8. The van der Waals surface area contributed by atoms with Gasteiger partial charge in [-0.25, -0.2) is 9.97 Å². The number of ether oxygens (including phenoxy) is 1. The second kappa shape index (κ2) is 8.45. The van der Waals surface area contributed by atoms with Gasteiger partial charge in [0.1, 0.15) is 17.5 Å². The molecule has 7 heteroatoms. The standard InChI is InChI=1S/C20H17N5O2/c1-2-27-18-10-6-5-9-16(18)23-19(26)17-11-12-22-20(25-17)24-15-8-4-3-7-14(15)13-21/h3-12H,2H2,1H3,(H,23,26)(H,22,24,25). The van der Waals surface area contributed by atoms with Gasteiger partial charge in [-0.3, -0.25) is 4.79 Å². The fourth-order valence-corrected chi connectivity index (χ4v) is 2.39. The first-order chi connectivity index (χ1) is 13.2. The lowest BCUT2D eigenvalue weighted by Gasteiger charge is -2.11. The summed E-state index contributed by atoms with van der Waals surface area (Å²) in [6.45, 7) is 2.37. The Labute approximate surface area is 156 Å². The van der Waals surface area contributed by atoms with Crippen molar-refractivity contribution in [1.82, 2.24) is 9.97 Å². The fraction of sp³-hybridized carbons (Fsp3) is 0.100. The summed E-state index contributed by atoms with van der Waals surface area (Å²) in [5, 5.41) is 14.9. The molecule has 0 aliphatic rings. The third-order valence-electron chi connectivity index (χ3n) is 3.62. The molecule has 0 radical (unpaired) electrons. The van der Waals surface area contributed by atoms with Gasteiger partial charge in [0, 0.05) is 6.20 Å². The molecule has 0 atom stereocenters. The molecule has 0 aliphatic carbocycles. The smallest absolute Gasteiger partial charge is 0.274 e. The number of carbonyl (C=O) groups is 1. The number of amides is 1. The molecule has 1 aromatic heterocycles. The zero-order valence-electron chi connectivity index (χ0n) is 14.6. The number of rotatable bonds is 6. The SMILES string of the molecule is CCOc1ccccc1NC(=O)c1ccnc(Nc2ccccc2C#N)n1. The van der Waals surface area contributed by atoms with Crippen molar-refractivity contribution in [3.05, 3.63) is 72.1 Å². The average molecular weight is 359 g/mol. The maximum Gasteiger partial charge on any atom is 0.274 e. The highest BCUT2D eigenvalue weighted by molar-refractivity contribution is 6.03. The zero-order valence-corrected chi connectivity index (χ0v) is 14.6. The van der Waals surface area contributed by atoms with E-state index in [0.29, 0.717) is 29.3 Å². The summed E-state index contributed by atoms with van der Waals surface area (Å²) >= 11 is 0. The molecule has 0 saturated heterocycles. The minimum absolute atomic E-state index is 0.188. The van der Waals surface area contributed by atoms with E-state index in [1.165, 1.54) is 12.3 Å². The summed E-state index contributed by atoms with van der Waals surface area (Å²) in [4.78, 5) is 20.9.